The highest BCUT2D eigenvalue weighted by molar-refractivity contribution is 5.93. The summed E-state index contributed by atoms with van der Waals surface area (Å²) < 4.78 is 4.85. The van der Waals surface area contributed by atoms with Gasteiger partial charge in [-0.15, -0.1) is 0 Å². The van der Waals surface area contributed by atoms with Crippen molar-refractivity contribution in [3.8, 4) is 0 Å². The van der Waals surface area contributed by atoms with E-state index in [-0.39, 0.29) is 11.9 Å². The number of hydrogen-bond acceptors (Lipinski definition) is 3. The minimum Gasteiger partial charge on any atom is -0.447 e. The van der Waals surface area contributed by atoms with Crippen LogP contribution in [0.5, 0.6) is 0 Å². The molecule has 0 saturated carbocycles. The fourth-order valence-electron chi connectivity index (χ4n) is 2.41. The number of amides is 2. The molecule has 1 atom stereocenters. The van der Waals surface area contributed by atoms with Gasteiger partial charge in [-0.05, 0) is 31.7 Å². The maximum absolute atomic E-state index is 11.9. The van der Waals surface area contributed by atoms with E-state index in [9.17, 15) is 9.59 Å². The molecule has 0 spiro atoms. The summed E-state index contributed by atoms with van der Waals surface area (Å²) in [7, 11) is 0. The number of benzene rings is 1. The molecule has 1 heterocycles. The van der Waals surface area contributed by atoms with Crippen molar-refractivity contribution >= 4 is 12.0 Å². The first-order valence-corrected chi connectivity index (χ1v) is 7.21. The Bertz CT molecular complexity index is 458. The van der Waals surface area contributed by atoms with E-state index in [0.717, 1.165) is 25.7 Å². The molecule has 1 fully saturated rings. The second-order valence-electron chi connectivity index (χ2n) is 5.24. The highest BCUT2D eigenvalue weighted by Crippen LogP contribution is 2.15. The van der Waals surface area contributed by atoms with E-state index in [2.05, 4.69) is 12.1 Å². The first-order valence-electron chi connectivity index (χ1n) is 7.21. The van der Waals surface area contributed by atoms with E-state index in [4.69, 9.17) is 4.74 Å². The monoisotopic (exact) mass is 275 g/mol. The molecule has 0 N–H and O–H groups in total. The van der Waals surface area contributed by atoms with Crippen LogP contribution in [-0.4, -0.2) is 29.5 Å². The van der Waals surface area contributed by atoms with Crippen LogP contribution in [0.2, 0.25) is 0 Å². The quantitative estimate of drug-likeness (QED) is 0.749. The third kappa shape index (κ3) is 3.83. The van der Waals surface area contributed by atoms with Gasteiger partial charge in [0.25, 0.3) is 0 Å². The maximum Gasteiger partial charge on any atom is 0.416 e. The molecule has 0 unspecified atom stereocenters. The molecular weight excluding hydrogens is 254 g/mol. The topological polar surface area (TPSA) is 46.6 Å². The smallest absolute Gasteiger partial charge is 0.416 e. The summed E-state index contributed by atoms with van der Waals surface area (Å²) >= 11 is 0. The van der Waals surface area contributed by atoms with Crippen LogP contribution in [-0.2, 0) is 16.0 Å². The molecule has 0 bridgehead atoms. The maximum atomic E-state index is 11.9. The summed E-state index contributed by atoms with van der Waals surface area (Å²) in [6.07, 6.45) is 3.86. The van der Waals surface area contributed by atoms with Crippen molar-refractivity contribution in [1.82, 2.24) is 4.90 Å². The van der Waals surface area contributed by atoms with Crippen molar-refractivity contribution in [2.24, 2.45) is 0 Å². The Morgan fingerprint density at radius 1 is 1.25 bits per heavy atom. The van der Waals surface area contributed by atoms with Crippen molar-refractivity contribution in [1.29, 1.82) is 0 Å². The Morgan fingerprint density at radius 3 is 2.65 bits per heavy atom. The lowest BCUT2D eigenvalue weighted by Gasteiger charge is -2.15. The van der Waals surface area contributed by atoms with Crippen molar-refractivity contribution in [3.63, 3.8) is 0 Å². The van der Waals surface area contributed by atoms with Gasteiger partial charge in [-0.25, -0.2) is 9.69 Å². The molecule has 0 aliphatic carbocycles. The zero-order valence-corrected chi connectivity index (χ0v) is 11.9. The van der Waals surface area contributed by atoms with Gasteiger partial charge in [-0.1, -0.05) is 36.8 Å². The predicted molar refractivity (Wildman–Crippen MR) is 76.3 cm³/mol. The number of ether oxygens (including phenoxy) is 1. The van der Waals surface area contributed by atoms with Crippen molar-refractivity contribution in [2.45, 2.75) is 45.1 Å². The number of carbonyl (C=O) groups is 2. The fourth-order valence-corrected chi connectivity index (χ4v) is 2.41. The second-order valence-corrected chi connectivity index (χ2v) is 5.24. The van der Waals surface area contributed by atoms with Gasteiger partial charge in [0.1, 0.15) is 6.61 Å². The number of hydrogen-bond donors (Lipinski definition) is 0. The normalized spacial score (nSPS) is 18.1. The molecule has 4 nitrogen and oxygen atoms in total. The molecule has 1 aromatic carbocycles. The first kappa shape index (κ1) is 14.6. The van der Waals surface area contributed by atoms with E-state index < -0.39 is 6.09 Å². The zero-order chi connectivity index (χ0) is 14.4. The summed E-state index contributed by atoms with van der Waals surface area (Å²) in [6, 6.07) is 10.2. The average molecular weight is 275 g/mol. The van der Waals surface area contributed by atoms with E-state index in [1.54, 1.807) is 0 Å². The van der Waals surface area contributed by atoms with Crippen LogP contribution in [0.4, 0.5) is 4.79 Å². The number of unbranched alkanes of at least 4 members (excludes halogenated alkanes) is 2. The molecule has 2 rings (SSSR count). The number of nitrogens with zero attached hydrogens (tertiary/aromatic N) is 1. The molecule has 1 aromatic rings. The van der Waals surface area contributed by atoms with E-state index in [0.29, 0.717) is 13.0 Å². The third-order valence-electron chi connectivity index (χ3n) is 3.55. The Balaban J connectivity index is 1.64. The molecule has 0 radical (unpaired) electrons. The van der Waals surface area contributed by atoms with Crippen LogP contribution in [0.15, 0.2) is 30.3 Å². The molecule has 20 heavy (non-hydrogen) atoms. The molecule has 0 aromatic heterocycles. The minimum absolute atomic E-state index is 0.111. The van der Waals surface area contributed by atoms with Gasteiger partial charge in [0.2, 0.25) is 5.91 Å². The van der Waals surface area contributed by atoms with Crippen molar-refractivity contribution in [2.75, 3.05) is 6.61 Å². The predicted octanol–water partition coefficient (Wildman–Crippen LogP) is 3.16. The lowest BCUT2D eigenvalue weighted by Crippen LogP contribution is -2.37. The molecular formula is C16H21NO3. The van der Waals surface area contributed by atoms with Crippen LogP contribution < -0.4 is 0 Å². The van der Waals surface area contributed by atoms with Crippen LogP contribution in [0.25, 0.3) is 0 Å². The van der Waals surface area contributed by atoms with Crippen LogP contribution in [0.3, 0.4) is 0 Å². The largest absolute Gasteiger partial charge is 0.447 e. The number of cyclic esters (lactones) is 1. The van der Waals surface area contributed by atoms with Crippen molar-refractivity contribution < 1.29 is 14.3 Å². The van der Waals surface area contributed by atoms with Crippen LogP contribution >= 0.6 is 0 Å². The summed E-state index contributed by atoms with van der Waals surface area (Å²) in [5.74, 6) is -0.111. The highest BCUT2D eigenvalue weighted by Gasteiger charge is 2.34. The summed E-state index contributed by atoms with van der Waals surface area (Å²) in [5, 5.41) is 0. The van der Waals surface area contributed by atoms with Gasteiger partial charge in [0.05, 0.1) is 6.04 Å². The van der Waals surface area contributed by atoms with Gasteiger partial charge < -0.3 is 4.74 Å². The van der Waals surface area contributed by atoms with E-state index >= 15 is 0 Å². The van der Waals surface area contributed by atoms with E-state index in [1.807, 2.05) is 25.1 Å². The fraction of sp³-hybridized carbons (Fsp3) is 0.500. The van der Waals surface area contributed by atoms with Gasteiger partial charge in [-0.3, -0.25) is 4.79 Å². The number of imide groups is 1. The lowest BCUT2D eigenvalue weighted by molar-refractivity contribution is -0.129. The zero-order valence-electron chi connectivity index (χ0n) is 11.9. The summed E-state index contributed by atoms with van der Waals surface area (Å²) in [5.41, 5.74) is 1.33. The van der Waals surface area contributed by atoms with Crippen LogP contribution in [0, 0.1) is 0 Å². The molecule has 1 saturated heterocycles. The Labute approximate surface area is 119 Å². The highest BCUT2D eigenvalue weighted by atomic mass is 16.6. The van der Waals surface area contributed by atoms with Gasteiger partial charge in [-0.2, -0.15) is 0 Å². The Hall–Kier alpha value is -1.84. The standard InChI is InChI=1S/C16H21NO3/c1-13-12-20-16(19)17(13)15(18)11-7-3-6-10-14-8-4-2-5-9-14/h2,4-5,8-9,13H,3,6-7,10-12H2,1H3/t13-/m1/s1. The van der Waals surface area contributed by atoms with E-state index in [1.165, 1.54) is 10.5 Å². The summed E-state index contributed by atoms with van der Waals surface area (Å²) in [4.78, 5) is 24.6. The lowest BCUT2D eigenvalue weighted by atomic mass is 10.1. The van der Waals surface area contributed by atoms with Gasteiger partial charge in [0.15, 0.2) is 0 Å². The van der Waals surface area contributed by atoms with Gasteiger partial charge in [0, 0.05) is 6.42 Å². The Kier molecular flexibility index (Phi) is 5.16. The molecule has 1 aliphatic heterocycles. The minimum atomic E-state index is -0.494. The average Bonchev–Trinajstić information content (AvgIpc) is 2.79. The first-order chi connectivity index (χ1) is 9.68. The molecule has 2 amide bonds. The SMILES string of the molecule is C[C@@H]1COC(=O)N1C(=O)CCCCCc1ccccc1. The number of aryl methyl sites for hydroxylation is 1. The third-order valence-corrected chi connectivity index (χ3v) is 3.55. The molecule has 4 heteroatoms. The molecule has 1 aliphatic rings. The van der Waals surface area contributed by atoms with Gasteiger partial charge >= 0.3 is 6.09 Å². The Morgan fingerprint density at radius 2 is 2.00 bits per heavy atom. The van der Waals surface area contributed by atoms with Crippen molar-refractivity contribution in [3.05, 3.63) is 35.9 Å². The van der Waals surface area contributed by atoms with Crippen LogP contribution in [0.1, 0.15) is 38.2 Å². The molecule has 108 valence electrons. The second kappa shape index (κ2) is 7.08. The number of carbonyl (C=O) groups excluding carboxylic acids is 2. The summed E-state index contributed by atoms with van der Waals surface area (Å²) in [6.45, 7) is 2.15. The number of rotatable bonds is 6.